The molecule has 0 aliphatic heterocycles. The second-order valence-electron chi connectivity index (χ2n) is 4.27. The number of Topliss-reactive ketones (excluding diaryl/α,β-unsaturated/α-hetero) is 1. The highest BCUT2D eigenvalue weighted by Gasteiger charge is 2.23. The average Bonchev–Trinajstić information content (AvgIpc) is 2.15. The second-order valence-corrected chi connectivity index (χ2v) is 4.88. The highest BCUT2D eigenvalue weighted by atomic mass is 32.1. The lowest BCUT2D eigenvalue weighted by atomic mass is 9.80. The molecule has 3 heteroatoms. The van der Waals surface area contributed by atoms with E-state index in [0.29, 0.717) is 17.6 Å². The van der Waals surface area contributed by atoms with Crippen molar-refractivity contribution < 1.29 is 4.79 Å². The maximum atomic E-state index is 11.1. The van der Waals surface area contributed by atoms with Crippen molar-refractivity contribution in [3.63, 3.8) is 0 Å². The van der Waals surface area contributed by atoms with Crippen molar-refractivity contribution in [1.29, 1.82) is 0 Å². The first-order chi connectivity index (χ1) is 6.59. The van der Waals surface area contributed by atoms with Crippen LogP contribution in [0.25, 0.3) is 0 Å². The number of ketones is 1. The third-order valence-electron chi connectivity index (χ3n) is 3.06. The molecule has 0 aromatic rings. The Labute approximate surface area is 91.5 Å². The van der Waals surface area contributed by atoms with Crippen molar-refractivity contribution in [2.24, 2.45) is 11.8 Å². The van der Waals surface area contributed by atoms with Crippen LogP contribution in [0.1, 0.15) is 39.5 Å². The second kappa shape index (κ2) is 5.44. The van der Waals surface area contributed by atoms with E-state index < -0.39 is 0 Å². The van der Waals surface area contributed by atoms with Crippen LogP contribution < -0.4 is 5.32 Å². The number of hydrogen-bond acceptors (Lipinski definition) is 2. The molecule has 0 unspecified atom stereocenters. The molecule has 0 aromatic heterocycles. The van der Waals surface area contributed by atoms with Crippen molar-refractivity contribution in [2.45, 2.75) is 39.5 Å². The van der Waals surface area contributed by atoms with Crippen LogP contribution in [-0.2, 0) is 4.79 Å². The Balaban J connectivity index is 2.22. The lowest BCUT2D eigenvalue weighted by molar-refractivity contribution is -0.121. The molecule has 80 valence electrons. The first kappa shape index (κ1) is 11.6. The predicted octanol–water partition coefficient (Wildman–Crippen LogP) is 2.32. The Morgan fingerprint density at radius 1 is 1.29 bits per heavy atom. The van der Waals surface area contributed by atoms with E-state index in [1.54, 1.807) is 6.92 Å². The zero-order valence-electron chi connectivity index (χ0n) is 9.01. The number of carbonyl (C=O) groups is 1. The standard InChI is InChI=1S/C11H19NOS/c1-8(13)11-5-3-10(4-6-11)7-12-9(2)14/h10-11H,3-7H2,1-2H3,(H,12,14). The SMILES string of the molecule is CC(=O)C1CCC(CNC(C)=S)CC1. The fourth-order valence-corrected chi connectivity index (χ4v) is 2.14. The molecule has 1 saturated carbocycles. The number of carbonyl (C=O) groups excluding carboxylic acids is 1. The van der Waals surface area contributed by atoms with Crippen molar-refractivity contribution in [3.8, 4) is 0 Å². The number of nitrogens with one attached hydrogen (secondary N) is 1. The molecule has 1 N–H and O–H groups in total. The summed E-state index contributed by atoms with van der Waals surface area (Å²) < 4.78 is 0. The van der Waals surface area contributed by atoms with Gasteiger partial charge < -0.3 is 5.32 Å². The normalized spacial score (nSPS) is 27.0. The van der Waals surface area contributed by atoms with Crippen LogP contribution in [0.4, 0.5) is 0 Å². The average molecular weight is 213 g/mol. The van der Waals surface area contributed by atoms with Gasteiger partial charge in [0.05, 0.1) is 4.99 Å². The highest BCUT2D eigenvalue weighted by Crippen LogP contribution is 2.28. The lowest BCUT2D eigenvalue weighted by Gasteiger charge is -2.27. The van der Waals surface area contributed by atoms with Gasteiger partial charge in [0.15, 0.2) is 0 Å². The van der Waals surface area contributed by atoms with E-state index in [1.165, 1.54) is 12.8 Å². The molecule has 0 spiro atoms. The topological polar surface area (TPSA) is 29.1 Å². The molecule has 0 saturated heterocycles. The summed E-state index contributed by atoms with van der Waals surface area (Å²) in [5.41, 5.74) is 0. The van der Waals surface area contributed by atoms with Crippen molar-refractivity contribution in [1.82, 2.24) is 5.32 Å². The Morgan fingerprint density at radius 2 is 1.86 bits per heavy atom. The van der Waals surface area contributed by atoms with E-state index >= 15 is 0 Å². The van der Waals surface area contributed by atoms with Crippen LogP contribution >= 0.6 is 12.2 Å². The predicted molar refractivity (Wildman–Crippen MR) is 62.4 cm³/mol. The number of hydrogen-bond donors (Lipinski definition) is 1. The first-order valence-corrected chi connectivity index (χ1v) is 5.75. The van der Waals surface area contributed by atoms with Crippen LogP contribution in [0.2, 0.25) is 0 Å². The molecular formula is C11H19NOS. The monoisotopic (exact) mass is 213 g/mol. The third-order valence-corrected chi connectivity index (χ3v) is 3.21. The van der Waals surface area contributed by atoms with E-state index in [-0.39, 0.29) is 0 Å². The summed E-state index contributed by atoms with van der Waals surface area (Å²) in [6, 6.07) is 0. The number of rotatable bonds is 3. The molecule has 2 nitrogen and oxygen atoms in total. The third kappa shape index (κ3) is 3.74. The van der Waals surface area contributed by atoms with Gasteiger partial charge in [-0.3, -0.25) is 4.79 Å². The summed E-state index contributed by atoms with van der Waals surface area (Å²) in [6.45, 7) is 4.61. The van der Waals surface area contributed by atoms with E-state index in [9.17, 15) is 4.79 Å². The van der Waals surface area contributed by atoms with Crippen molar-refractivity contribution in [3.05, 3.63) is 0 Å². The number of thiocarbonyl (C=S) groups is 1. The maximum absolute atomic E-state index is 11.1. The van der Waals surface area contributed by atoms with Gasteiger partial charge in [0, 0.05) is 12.5 Å². The van der Waals surface area contributed by atoms with Crippen LogP contribution in [0.15, 0.2) is 0 Å². The lowest BCUT2D eigenvalue weighted by Crippen LogP contribution is -2.29. The van der Waals surface area contributed by atoms with Gasteiger partial charge >= 0.3 is 0 Å². The minimum absolute atomic E-state index is 0.333. The van der Waals surface area contributed by atoms with Crippen LogP contribution in [0.3, 0.4) is 0 Å². The van der Waals surface area contributed by atoms with Crippen LogP contribution in [-0.4, -0.2) is 17.3 Å². The smallest absolute Gasteiger partial charge is 0.132 e. The summed E-state index contributed by atoms with van der Waals surface area (Å²) in [6.07, 6.45) is 4.47. The zero-order valence-corrected chi connectivity index (χ0v) is 9.82. The molecule has 1 aliphatic rings. The molecule has 0 amide bonds. The first-order valence-electron chi connectivity index (χ1n) is 5.34. The summed E-state index contributed by atoms with van der Waals surface area (Å²) in [7, 11) is 0. The van der Waals surface area contributed by atoms with Gasteiger partial charge in [-0.2, -0.15) is 0 Å². The molecule has 0 bridgehead atoms. The minimum atomic E-state index is 0.333. The summed E-state index contributed by atoms with van der Waals surface area (Å²) >= 11 is 4.96. The summed E-state index contributed by atoms with van der Waals surface area (Å²) in [5.74, 6) is 1.41. The van der Waals surface area contributed by atoms with Gasteiger partial charge in [-0.1, -0.05) is 12.2 Å². The van der Waals surface area contributed by atoms with E-state index in [4.69, 9.17) is 12.2 Å². The molecule has 0 aromatic carbocycles. The van der Waals surface area contributed by atoms with Crippen LogP contribution in [0.5, 0.6) is 0 Å². The fourth-order valence-electron chi connectivity index (χ4n) is 2.06. The molecule has 1 aliphatic carbocycles. The van der Waals surface area contributed by atoms with Gasteiger partial charge in [-0.15, -0.1) is 0 Å². The summed E-state index contributed by atoms with van der Waals surface area (Å²) in [5, 5.41) is 3.21. The Hall–Kier alpha value is -0.440. The molecule has 1 fully saturated rings. The largest absolute Gasteiger partial charge is 0.380 e. The quantitative estimate of drug-likeness (QED) is 0.729. The molecule has 14 heavy (non-hydrogen) atoms. The fraction of sp³-hybridized carbons (Fsp3) is 0.818. The molecule has 0 heterocycles. The highest BCUT2D eigenvalue weighted by molar-refractivity contribution is 7.80. The Morgan fingerprint density at radius 3 is 2.29 bits per heavy atom. The van der Waals surface area contributed by atoms with Crippen molar-refractivity contribution >= 4 is 23.0 Å². The zero-order chi connectivity index (χ0) is 10.6. The van der Waals surface area contributed by atoms with Crippen LogP contribution in [0, 0.1) is 11.8 Å². The maximum Gasteiger partial charge on any atom is 0.132 e. The molecular weight excluding hydrogens is 194 g/mol. The molecule has 0 radical (unpaired) electrons. The van der Waals surface area contributed by atoms with Gasteiger partial charge in [0.1, 0.15) is 5.78 Å². The van der Waals surface area contributed by atoms with Gasteiger partial charge in [-0.25, -0.2) is 0 Å². The molecule has 1 rings (SSSR count). The van der Waals surface area contributed by atoms with E-state index in [1.807, 2.05) is 6.92 Å². The Bertz CT molecular complexity index is 219. The minimum Gasteiger partial charge on any atom is -0.380 e. The molecule has 0 atom stereocenters. The van der Waals surface area contributed by atoms with Gasteiger partial charge in [0.2, 0.25) is 0 Å². The van der Waals surface area contributed by atoms with E-state index in [0.717, 1.165) is 24.4 Å². The summed E-state index contributed by atoms with van der Waals surface area (Å²) in [4.78, 5) is 12.0. The van der Waals surface area contributed by atoms with Crippen molar-refractivity contribution in [2.75, 3.05) is 6.54 Å². The Kier molecular flexibility index (Phi) is 4.52. The van der Waals surface area contributed by atoms with Gasteiger partial charge in [-0.05, 0) is 45.4 Å². The van der Waals surface area contributed by atoms with E-state index in [2.05, 4.69) is 5.32 Å². The van der Waals surface area contributed by atoms with Gasteiger partial charge in [0.25, 0.3) is 0 Å².